The number of halogens is 1. The number of rotatable bonds is 3. The number of nitrogens with one attached hydrogen (secondary N) is 1. The Kier molecular flexibility index (Phi) is 4.90. The van der Waals surface area contributed by atoms with E-state index in [1.54, 1.807) is 0 Å². The Hall–Kier alpha value is -0.820. The number of hydrogen-bond acceptors (Lipinski definition) is 4. The molecule has 112 valence electrons. The van der Waals surface area contributed by atoms with Crippen LogP contribution in [-0.4, -0.2) is 25.7 Å². The van der Waals surface area contributed by atoms with E-state index in [2.05, 4.69) is 4.72 Å². The van der Waals surface area contributed by atoms with Crippen LogP contribution >= 0.6 is 11.6 Å². The van der Waals surface area contributed by atoms with E-state index >= 15 is 0 Å². The topological polar surface area (TPSA) is 92.4 Å². The molecule has 0 heterocycles. The summed E-state index contributed by atoms with van der Waals surface area (Å²) in [4.78, 5) is -0.00153. The van der Waals surface area contributed by atoms with Crippen LogP contribution in [0.4, 0.5) is 5.69 Å². The van der Waals surface area contributed by atoms with Crippen LogP contribution in [0.1, 0.15) is 32.1 Å². The molecule has 1 saturated carbocycles. The summed E-state index contributed by atoms with van der Waals surface area (Å²) in [5.74, 6) is 0. The highest BCUT2D eigenvalue weighted by molar-refractivity contribution is 7.89. The van der Waals surface area contributed by atoms with E-state index in [1.165, 1.54) is 18.2 Å². The van der Waals surface area contributed by atoms with Crippen molar-refractivity contribution < 1.29 is 13.5 Å². The minimum atomic E-state index is -3.75. The van der Waals surface area contributed by atoms with E-state index in [4.69, 9.17) is 17.3 Å². The maximum Gasteiger partial charge on any atom is 0.242 e. The van der Waals surface area contributed by atoms with E-state index in [1.807, 2.05) is 0 Å². The first-order valence-electron chi connectivity index (χ1n) is 6.65. The van der Waals surface area contributed by atoms with Crippen molar-refractivity contribution in [3.63, 3.8) is 0 Å². The molecular weight excluding hydrogens is 300 g/mol. The first kappa shape index (κ1) is 15.6. The molecule has 4 N–H and O–H groups in total. The van der Waals surface area contributed by atoms with E-state index in [9.17, 15) is 13.5 Å². The monoisotopic (exact) mass is 318 g/mol. The first-order chi connectivity index (χ1) is 9.40. The zero-order valence-electron chi connectivity index (χ0n) is 11.0. The summed E-state index contributed by atoms with van der Waals surface area (Å²) in [5, 5.41) is 10.4. The number of benzene rings is 1. The molecule has 0 aliphatic heterocycles. The summed E-state index contributed by atoms with van der Waals surface area (Å²) in [5.41, 5.74) is 5.82. The van der Waals surface area contributed by atoms with Gasteiger partial charge in [-0.25, -0.2) is 13.1 Å². The van der Waals surface area contributed by atoms with Gasteiger partial charge in [0, 0.05) is 11.1 Å². The number of aliphatic hydroxyl groups is 1. The Bertz CT molecular complexity index is 577. The van der Waals surface area contributed by atoms with E-state index in [0.29, 0.717) is 17.9 Å². The van der Waals surface area contributed by atoms with Gasteiger partial charge in [-0.15, -0.1) is 0 Å². The Morgan fingerprint density at radius 1 is 1.25 bits per heavy atom. The van der Waals surface area contributed by atoms with Crippen LogP contribution in [0.25, 0.3) is 0 Å². The minimum Gasteiger partial charge on any atom is -0.398 e. The van der Waals surface area contributed by atoms with Crippen LogP contribution in [0.3, 0.4) is 0 Å². The van der Waals surface area contributed by atoms with E-state index in [0.717, 1.165) is 19.3 Å². The SMILES string of the molecule is Nc1cc(Cl)ccc1S(=O)(=O)NC1CCCCCC1O. The van der Waals surface area contributed by atoms with Crippen molar-refractivity contribution >= 4 is 27.3 Å². The third-order valence-corrected chi connectivity index (χ3v) is 5.35. The Balaban J connectivity index is 2.21. The maximum atomic E-state index is 12.3. The van der Waals surface area contributed by atoms with Crippen molar-refractivity contribution in [2.75, 3.05) is 5.73 Å². The smallest absolute Gasteiger partial charge is 0.242 e. The van der Waals surface area contributed by atoms with Crippen LogP contribution in [0.2, 0.25) is 5.02 Å². The molecule has 1 aromatic carbocycles. The van der Waals surface area contributed by atoms with Gasteiger partial charge in [0.1, 0.15) is 4.90 Å². The summed E-state index contributed by atoms with van der Waals surface area (Å²) >= 11 is 5.77. The average Bonchev–Trinajstić information content (AvgIpc) is 2.54. The van der Waals surface area contributed by atoms with Crippen LogP contribution in [0.5, 0.6) is 0 Å². The number of anilines is 1. The normalized spacial score (nSPS) is 24.3. The van der Waals surface area contributed by atoms with Crippen LogP contribution in [-0.2, 0) is 10.0 Å². The quantitative estimate of drug-likeness (QED) is 0.586. The Morgan fingerprint density at radius 3 is 2.65 bits per heavy atom. The van der Waals surface area contributed by atoms with Crippen molar-refractivity contribution in [3.05, 3.63) is 23.2 Å². The van der Waals surface area contributed by atoms with Gasteiger partial charge in [0.15, 0.2) is 0 Å². The predicted octanol–water partition coefficient (Wildman–Crippen LogP) is 1.89. The Morgan fingerprint density at radius 2 is 1.95 bits per heavy atom. The highest BCUT2D eigenvalue weighted by Crippen LogP contribution is 2.24. The predicted molar refractivity (Wildman–Crippen MR) is 79.1 cm³/mol. The number of nitrogens with two attached hydrogens (primary N) is 1. The second kappa shape index (κ2) is 6.30. The maximum absolute atomic E-state index is 12.3. The van der Waals surface area contributed by atoms with Crippen LogP contribution in [0, 0.1) is 0 Å². The van der Waals surface area contributed by atoms with Gasteiger partial charge in [0.25, 0.3) is 0 Å². The summed E-state index contributed by atoms with van der Waals surface area (Å²) in [7, 11) is -3.75. The zero-order chi connectivity index (χ0) is 14.8. The molecule has 5 nitrogen and oxygen atoms in total. The second-order valence-corrected chi connectivity index (χ2v) is 7.23. The molecule has 1 aliphatic carbocycles. The van der Waals surface area contributed by atoms with Gasteiger partial charge >= 0.3 is 0 Å². The van der Waals surface area contributed by atoms with Crippen LogP contribution in [0.15, 0.2) is 23.1 Å². The lowest BCUT2D eigenvalue weighted by Gasteiger charge is -2.22. The van der Waals surface area contributed by atoms with Gasteiger partial charge < -0.3 is 10.8 Å². The van der Waals surface area contributed by atoms with E-state index < -0.39 is 22.2 Å². The molecule has 2 rings (SSSR count). The lowest BCUT2D eigenvalue weighted by atomic mass is 10.1. The second-order valence-electron chi connectivity index (χ2n) is 5.12. The number of nitrogen functional groups attached to an aromatic ring is 1. The standard InChI is InChI=1S/C13H19ClN2O3S/c14-9-6-7-13(10(15)8-9)20(18,19)16-11-4-2-1-3-5-12(11)17/h6-8,11-12,16-17H,1-5,15H2. The third kappa shape index (κ3) is 3.63. The highest BCUT2D eigenvalue weighted by Gasteiger charge is 2.28. The summed E-state index contributed by atoms with van der Waals surface area (Å²) < 4.78 is 27.3. The third-order valence-electron chi connectivity index (χ3n) is 3.55. The molecule has 0 spiro atoms. The summed E-state index contributed by atoms with van der Waals surface area (Å²) in [6.07, 6.45) is 3.43. The molecule has 20 heavy (non-hydrogen) atoms. The van der Waals surface area contributed by atoms with Crippen molar-refractivity contribution in [2.24, 2.45) is 0 Å². The Labute approximate surface area is 124 Å². The zero-order valence-corrected chi connectivity index (χ0v) is 12.6. The number of sulfonamides is 1. The summed E-state index contributed by atoms with van der Waals surface area (Å²) in [6, 6.07) is 3.80. The number of aliphatic hydroxyl groups excluding tert-OH is 1. The average molecular weight is 319 g/mol. The lowest BCUT2D eigenvalue weighted by molar-refractivity contribution is 0.130. The van der Waals surface area contributed by atoms with Crippen molar-refractivity contribution in [1.82, 2.24) is 4.72 Å². The molecule has 1 fully saturated rings. The molecule has 0 amide bonds. The van der Waals surface area contributed by atoms with Crippen molar-refractivity contribution in [1.29, 1.82) is 0 Å². The van der Waals surface area contributed by atoms with Crippen LogP contribution < -0.4 is 10.5 Å². The fourth-order valence-corrected chi connectivity index (χ4v) is 4.05. The van der Waals surface area contributed by atoms with E-state index in [-0.39, 0.29) is 10.6 Å². The lowest BCUT2D eigenvalue weighted by Crippen LogP contribution is -2.42. The molecule has 0 bridgehead atoms. The molecule has 2 atom stereocenters. The fraction of sp³-hybridized carbons (Fsp3) is 0.538. The molecular formula is C13H19ClN2O3S. The van der Waals surface area contributed by atoms with Gasteiger partial charge in [0.05, 0.1) is 11.8 Å². The molecule has 1 aromatic rings. The molecule has 0 radical (unpaired) electrons. The largest absolute Gasteiger partial charge is 0.398 e. The molecule has 1 aliphatic rings. The highest BCUT2D eigenvalue weighted by atomic mass is 35.5. The fourth-order valence-electron chi connectivity index (χ4n) is 2.45. The summed E-state index contributed by atoms with van der Waals surface area (Å²) in [6.45, 7) is 0. The van der Waals surface area contributed by atoms with Gasteiger partial charge in [-0.3, -0.25) is 0 Å². The molecule has 0 aromatic heterocycles. The molecule has 0 saturated heterocycles. The molecule has 2 unspecified atom stereocenters. The first-order valence-corrected chi connectivity index (χ1v) is 8.52. The van der Waals surface area contributed by atoms with Crippen molar-refractivity contribution in [2.45, 2.75) is 49.1 Å². The number of hydrogen-bond donors (Lipinski definition) is 3. The van der Waals surface area contributed by atoms with Crippen molar-refractivity contribution in [3.8, 4) is 0 Å². The van der Waals surface area contributed by atoms with Gasteiger partial charge in [-0.2, -0.15) is 0 Å². The minimum absolute atomic E-state index is 0.00153. The van der Waals surface area contributed by atoms with Gasteiger partial charge in [0.2, 0.25) is 10.0 Å². The van der Waals surface area contributed by atoms with Gasteiger partial charge in [-0.05, 0) is 31.0 Å². The van der Waals surface area contributed by atoms with Gasteiger partial charge in [-0.1, -0.05) is 30.9 Å². The molecule has 7 heteroatoms.